The van der Waals surface area contributed by atoms with E-state index in [1.165, 1.54) is 11.3 Å². The van der Waals surface area contributed by atoms with E-state index in [1.54, 1.807) is 4.90 Å². The molecule has 0 spiro atoms. The lowest BCUT2D eigenvalue weighted by molar-refractivity contribution is -0.135. The van der Waals surface area contributed by atoms with Crippen LogP contribution in [0.15, 0.2) is 30.3 Å². The number of piperidine rings is 1. The Hall–Kier alpha value is -2.48. The molecule has 0 aliphatic carbocycles. The average Bonchev–Trinajstić information content (AvgIpc) is 3.37. The summed E-state index contributed by atoms with van der Waals surface area (Å²) < 4.78 is 0. The lowest BCUT2D eigenvalue weighted by Gasteiger charge is -2.33. The second-order valence-electron chi connectivity index (χ2n) is 7.48. The van der Waals surface area contributed by atoms with Crippen molar-refractivity contribution in [3.05, 3.63) is 35.9 Å². The van der Waals surface area contributed by atoms with E-state index in [-0.39, 0.29) is 17.7 Å². The number of benzene rings is 1. The Morgan fingerprint density at radius 3 is 2.71 bits per heavy atom. The SMILES string of the molecule is CN(Cc1ccccc1)C(=O)[C@H]1CCCN(c2nnc(N3CCCC3=O)s2)C1. The average molecular weight is 400 g/mol. The summed E-state index contributed by atoms with van der Waals surface area (Å²) in [6.45, 7) is 2.87. The summed E-state index contributed by atoms with van der Waals surface area (Å²) in [5, 5.41) is 10.00. The summed E-state index contributed by atoms with van der Waals surface area (Å²) >= 11 is 1.45. The Kier molecular flexibility index (Phi) is 5.57. The first kappa shape index (κ1) is 18.9. The van der Waals surface area contributed by atoms with Crippen molar-refractivity contribution in [2.24, 2.45) is 5.92 Å². The molecule has 2 amide bonds. The minimum Gasteiger partial charge on any atom is -0.346 e. The summed E-state index contributed by atoms with van der Waals surface area (Å²) in [6.07, 6.45) is 3.31. The zero-order valence-corrected chi connectivity index (χ0v) is 16.9. The minimum atomic E-state index is -0.0387. The largest absolute Gasteiger partial charge is 0.346 e. The molecule has 0 saturated carbocycles. The van der Waals surface area contributed by atoms with Gasteiger partial charge in [-0.05, 0) is 24.8 Å². The summed E-state index contributed by atoms with van der Waals surface area (Å²) in [7, 11) is 1.87. The van der Waals surface area contributed by atoms with Crippen LogP contribution in [0.5, 0.6) is 0 Å². The van der Waals surface area contributed by atoms with Crippen LogP contribution in [0, 0.1) is 5.92 Å². The van der Waals surface area contributed by atoms with Crippen molar-refractivity contribution < 1.29 is 9.59 Å². The van der Waals surface area contributed by atoms with E-state index in [0.717, 1.165) is 43.0 Å². The Labute approximate surface area is 169 Å². The molecular weight excluding hydrogens is 374 g/mol. The summed E-state index contributed by atoms with van der Waals surface area (Å²) in [5.41, 5.74) is 1.13. The molecule has 3 heterocycles. The van der Waals surface area contributed by atoms with Crippen LogP contribution in [0.2, 0.25) is 0 Å². The van der Waals surface area contributed by atoms with Gasteiger partial charge in [0.1, 0.15) is 0 Å². The molecule has 28 heavy (non-hydrogen) atoms. The Morgan fingerprint density at radius 2 is 1.96 bits per heavy atom. The molecule has 4 rings (SSSR count). The molecule has 1 aromatic carbocycles. The van der Waals surface area contributed by atoms with Gasteiger partial charge in [0.25, 0.3) is 0 Å². The van der Waals surface area contributed by atoms with Crippen molar-refractivity contribution in [3.63, 3.8) is 0 Å². The van der Waals surface area contributed by atoms with Crippen molar-refractivity contribution in [1.29, 1.82) is 0 Å². The van der Waals surface area contributed by atoms with Crippen molar-refractivity contribution in [2.45, 2.75) is 32.2 Å². The van der Waals surface area contributed by atoms with Gasteiger partial charge in [0.15, 0.2) is 0 Å². The fraction of sp³-hybridized carbons (Fsp3) is 0.500. The van der Waals surface area contributed by atoms with Crippen LogP contribution in [-0.2, 0) is 16.1 Å². The van der Waals surface area contributed by atoms with E-state index in [0.29, 0.717) is 24.6 Å². The van der Waals surface area contributed by atoms with E-state index in [2.05, 4.69) is 15.1 Å². The first-order valence-corrected chi connectivity index (χ1v) is 10.6. The van der Waals surface area contributed by atoms with Crippen molar-refractivity contribution in [1.82, 2.24) is 15.1 Å². The van der Waals surface area contributed by atoms with Gasteiger partial charge in [-0.2, -0.15) is 0 Å². The highest BCUT2D eigenvalue weighted by atomic mass is 32.1. The van der Waals surface area contributed by atoms with Gasteiger partial charge in [-0.3, -0.25) is 14.5 Å². The number of aromatic nitrogens is 2. The van der Waals surface area contributed by atoms with E-state index in [9.17, 15) is 9.59 Å². The second kappa shape index (κ2) is 8.26. The maximum absolute atomic E-state index is 13.0. The number of nitrogens with zero attached hydrogens (tertiary/aromatic N) is 5. The van der Waals surface area contributed by atoms with Crippen molar-refractivity contribution in [2.75, 3.05) is 36.5 Å². The first-order chi connectivity index (χ1) is 13.6. The van der Waals surface area contributed by atoms with Gasteiger partial charge >= 0.3 is 0 Å². The molecule has 0 unspecified atom stereocenters. The topological polar surface area (TPSA) is 69.6 Å². The number of amides is 2. The third-order valence-corrected chi connectivity index (χ3v) is 6.39. The standard InChI is InChI=1S/C20H25N5O2S/c1-23(13-15-7-3-2-4-8-15)18(27)16-9-5-11-24(14-16)19-21-22-20(28-19)25-12-6-10-17(25)26/h2-4,7-8,16H,5-6,9-14H2,1H3/t16-/m0/s1. The normalized spacial score (nSPS) is 19.9. The van der Waals surface area contributed by atoms with Crippen LogP contribution in [0.3, 0.4) is 0 Å². The molecule has 1 atom stereocenters. The van der Waals surface area contributed by atoms with Gasteiger partial charge in [0.2, 0.25) is 22.1 Å². The Balaban J connectivity index is 1.39. The van der Waals surface area contributed by atoms with Gasteiger partial charge in [-0.15, -0.1) is 10.2 Å². The van der Waals surface area contributed by atoms with E-state index in [1.807, 2.05) is 42.3 Å². The monoisotopic (exact) mass is 399 g/mol. The number of hydrogen-bond donors (Lipinski definition) is 0. The van der Waals surface area contributed by atoms with Crippen molar-refractivity contribution >= 4 is 33.4 Å². The molecule has 2 aliphatic heterocycles. The minimum absolute atomic E-state index is 0.0387. The van der Waals surface area contributed by atoms with E-state index < -0.39 is 0 Å². The Morgan fingerprint density at radius 1 is 1.18 bits per heavy atom. The molecule has 0 bridgehead atoms. The zero-order chi connectivity index (χ0) is 19.5. The highest BCUT2D eigenvalue weighted by Crippen LogP contribution is 2.32. The van der Waals surface area contributed by atoms with Crippen LogP contribution >= 0.6 is 11.3 Å². The van der Waals surface area contributed by atoms with Crippen LogP contribution < -0.4 is 9.80 Å². The summed E-state index contributed by atoms with van der Waals surface area (Å²) in [4.78, 5) is 30.6. The third kappa shape index (κ3) is 4.01. The molecule has 7 nitrogen and oxygen atoms in total. The van der Waals surface area contributed by atoms with Gasteiger partial charge in [0, 0.05) is 39.6 Å². The molecule has 2 saturated heterocycles. The lowest BCUT2D eigenvalue weighted by Crippen LogP contribution is -2.43. The predicted molar refractivity (Wildman–Crippen MR) is 109 cm³/mol. The zero-order valence-electron chi connectivity index (χ0n) is 16.1. The van der Waals surface area contributed by atoms with Crippen LogP contribution in [0.25, 0.3) is 0 Å². The van der Waals surface area contributed by atoms with Gasteiger partial charge in [-0.25, -0.2) is 0 Å². The molecule has 8 heteroatoms. The number of carbonyl (C=O) groups excluding carboxylic acids is 2. The van der Waals surface area contributed by atoms with Gasteiger partial charge < -0.3 is 9.80 Å². The molecule has 1 aromatic heterocycles. The number of carbonyl (C=O) groups is 2. The first-order valence-electron chi connectivity index (χ1n) is 9.79. The Bertz CT molecular complexity index is 840. The molecular formula is C20H25N5O2S. The predicted octanol–water partition coefficient (Wildman–Crippen LogP) is 2.54. The summed E-state index contributed by atoms with van der Waals surface area (Å²) in [6, 6.07) is 10.1. The van der Waals surface area contributed by atoms with Crippen LogP contribution in [0.4, 0.5) is 10.3 Å². The molecule has 2 fully saturated rings. The fourth-order valence-corrected chi connectivity index (χ4v) is 4.82. The molecule has 0 N–H and O–H groups in total. The van der Waals surface area contributed by atoms with E-state index >= 15 is 0 Å². The van der Waals surface area contributed by atoms with Gasteiger partial charge in [-0.1, -0.05) is 41.7 Å². The molecule has 2 aromatic rings. The third-order valence-electron chi connectivity index (χ3n) is 5.39. The highest BCUT2D eigenvalue weighted by molar-refractivity contribution is 7.19. The van der Waals surface area contributed by atoms with Crippen LogP contribution in [0.1, 0.15) is 31.2 Å². The molecule has 2 aliphatic rings. The smallest absolute Gasteiger partial charge is 0.228 e. The highest BCUT2D eigenvalue weighted by Gasteiger charge is 2.31. The fourth-order valence-electron chi connectivity index (χ4n) is 3.89. The lowest BCUT2D eigenvalue weighted by atomic mass is 9.97. The molecule has 0 radical (unpaired) electrons. The van der Waals surface area contributed by atoms with Gasteiger partial charge in [0.05, 0.1) is 5.92 Å². The van der Waals surface area contributed by atoms with Crippen molar-refractivity contribution in [3.8, 4) is 0 Å². The van der Waals surface area contributed by atoms with Crippen LogP contribution in [-0.4, -0.2) is 53.6 Å². The summed E-state index contributed by atoms with van der Waals surface area (Å²) in [5.74, 6) is 0.258. The quantitative estimate of drug-likeness (QED) is 0.773. The van der Waals surface area contributed by atoms with E-state index in [4.69, 9.17) is 0 Å². The number of hydrogen-bond acceptors (Lipinski definition) is 6. The maximum Gasteiger partial charge on any atom is 0.228 e. The molecule has 148 valence electrons. The second-order valence-corrected chi connectivity index (χ2v) is 8.42. The maximum atomic E-state index is 13.0. The number of anilines is 2. The number of rotatable bonds is 5.